The topological polar surface area (TPSA) is 24.1 Å². The molecule has 2 nitrogen and oxygen atoms in total. The zero-order valence-electron chi connectivity index (χ0n) is 9.13. The molecule has 0 bridgehead atoms. The van der Waals surface area contributed by atoms with Gasteiger partial charge in [-0.3, -0.25) is 0 Å². The number of hydrogen-bond donors (Lipinski definition) is 2. The zero-order chi connectivity index (χ0) is 10.7. The molecule has 0 aromatic heterocycles. The van der Waals surface area contributed by atoms with E-state index in [1.807, 2.05) is 11.8 Å². The Kier molecular flexibility index (Phi) is 3.21. The highest BCUT2D eigenvalue weighted by atomic mass is 32.2. The molecule has 0 spiro atoms. The minimum absolute atomic E-state index is 1.06. The van der Waals surface area contributed by atoms with E-state index in [0.29, 0.717) is 0 Å². The van der Waals surface area contributed by atoms with Crippen molar-refractivity contribution in [2.75, 3.05) is 17.6 Å². The number of anilines is 1. The molecule has 2 rings (SSSR count). The van der Waals surface area contributed by atoms with Crippen LogP contribution in [0.5, 0.6) is 0 Å². The van der Waals surface area contributed by atoms with Crippen molar-refractivity contribution in [2.24, 2.45) is 0 Å². The monoisotopic (exact) mass is 220 g/mol. The van der Waals surface area contributed by atoms with Gasteiger partial charge >= 0.3 is 0 Å². The van der Waals surface area contributed by atoms with E-state index in [1.165, 1.54) is 21.8 Å². The lowest BCUT2D eigenvalue weighted by molar-refractivity contribution is 0.915. The van der Waals surface area contributed by atoms with Crippen LogP contribution in [0.3, 0.4) is 0 Å². The number of rotatable bonds is 2. The van der Waals surface area contributed by atoms with Gasteiger partial charge in [0.05, 0.1) is 5.03 Å². The number of aryl methyl sites for hydroxylation is 2. The molecule has 1 aromatic carbocycles. The first-order valence-corrected chi connectivity index (χ1v) is 6.15. The van der Waals surface area contributed by atoms with Crippen LogP contribution in [0.4, 0.5) is 5.69 Å². The highest BCUT2D eigenvalue weighted by Gasteiger charge is 2.07. The second kappa shape index (κ2) is 4.62. The molecule has 1 heterocycles. The highest BCUT2D eigenvalue weighted by Crippen LogP contribution is 2.25. The Morgan fingerprint density at radius 2 is 2.00 bits per heavy atom. The number of nitrogens with one attached hydrogen (secondary N) is 2. The van der Waals surface area contributed by atoms with E-state index in [4.69, 9.17) is 0 Å². The van der Waals surface area contributed by atoms with Gasteiger partial charge in [-0.05, 0) is 25.0 Å². The molecule has 0 saturated heterocycles. The van der Waals surface area contributed by atoms with E-state index in [9.17, 15) is 0 Å². The van der Waals surface area contributed by atoms with Gasteiger partial charge in [0, 0.05) is 24.2 Å². The molecule has 0 saturated carbocycles. The van der Waals surface area contributed by atoms with Crippen LogP contribution in [0.2, 0.25) is 0 Å². The first-order chi connectivity index (χ1) is 7.27. The van der Waals surface area contributed by atoms with E-state index in [-0.39, 0.29) is 0 Å². The van der Waals surface area contributed by atoms with Crippen LogP contribution in [0, 0.1) is 13.8 Å². The van der Waals surface area contributed by atoms with Gasteiger partial charge in [0.15, 0.2) is 0 Å². The average Bonchev–Trinajstić information content (AvgIpc) is 2.25. The molecular weight excluding hydrogens is 204 g/mol. The Bertz CT molecular complexity index is 365. The quantitative estimate of drug-likeness (QED) is 0.801. The molecule has 0 atom stereocenters. The maximum absolute atomic E-state index is 3.48. The molecule has 2 N–H and O–H groups in total. The molecular formula is C12H16N2S. The fourth-order valence-electron chi connectivity index (χ4n) is 1.63. The van der Waals surface area contributed by atoms with Gasteiger partial charge in [0.2, 0.25) is 0 Å². The maximum Gasteiger partial charge on any atom is 0.0886 e. The molecule has 0 radical (unpaired) electrons. The minimum atomic E-state index is 1.06. The summed E-state index contributed by atoms with van der Waals surface area (Å²) < 4.78 is 0. The van der Waals surface area contributed by atoms with E-state index in [0.717, 1.165) is 12.3 Å². The van der Waals surface area contributed by atoms with Crippen molar-refractivity contribution in [3.8, 4) is 0 Å². The molecule has 1 aromatic rings. The zero-order valence-corrected chi connectivity index (χ0v) is 9.95. The summed E-state index contributed by atoms with van der Waals surface area (Å²) in [5, 5.41) is 7.93. The largest absolute Gasteiger partial charge is 0.388 e. The lowest BCUT2D eigenvalue weighted by atomic mass is 10.1. The van der Waals surface area contributed by atoms with E-state index in [2.05, 4.69) is 48.9 Å². The smallest absolute Gasteiger partial charge is 0.0886 e. The Morgan fingerprint density at radius 1 is 1.27 bits per heavy atom. The predicted molar refractivity (Wildman–Crippen MR) is 68.1 cm³/mol. The van der Waals surface area contributed by atoms with E-state index < -0.39 is 0 Å². The normalized spacial score (nSPS) is 15.5. The Balaban J connectivity index is 2.19. The summed E-state index contributed by atoms with van der Waals surface area (Å²) in [6, 6.07) is 6.37. The molecule has 0 aliphatic carbocycles. The van der Waals surface area contributed by atoms with Crippen molar-refractivity contribution in [3.63, 3.8) is 0 Å². The Labute approximate surface area is 95.1 Å². The number of hydrogen-bond acceptors (Lipinski definition) is 3. The summed E-state index contributed by atoms with van der Waals surface area (Å²) in [6.45, 7) is 5.33. The van der Waals surface area contributed by atoms with Gasteiger partial charge in [-0.25, -0.2) is 0 Å². The van der Waals surface area contributed by atoms with Gasteiger partial charge in [-0.15, -0.1) is 11.8 Å². The summed E-state index contributed by atoms with van der Waals surface area (Å²) in [5.74, 6) is 1.13. The van der Waals surface area contributed by atoms with Crippen LogP contribution in [0.25, 0.3) is 0 Å². The summed E-state index contributed by atoms with van der Waals surface area (Å²) in [5.41, 5.74) is 3.82. The first kappa shape index (κ1) is 10.4. The van der Waals surface area contributed by atoms with Crippen LogP contribution in [-0.2, 0) is 0 Å². The van der Waals surface area contributed by atoms with Crippen LogP contribution in [0.1, 0.15) is 11.1 Å². The fraction of sp³-hybridized carbons (Fsp3) is 0.333. The Hall–Kier alpha value is -1.09. The third-order valence-corrected chi connectivity index (χ3v) is 3.41. The minimum Gasteiger partial charge on any atom is -0.388 e. The van der Waals surface area contributed by atoms with Gasteiger partial charge in [0.25, 0.3) is 0 Å². The SMILES string of the molecule is Cc1cccc(C)c1NC1=CNCCS1. The van der Waals surface area contributed by atoms with Crippen molar-refractivity contribution < 1.29 is 0 Å². The third kappa shape index (κ3) is 2.48. The summed E-state index contributed by atoms with van der Waals surface area (Å²) in [7, 11) is 0. The Morgan fingerprint density at radius 3 is 2.60 bits per heavy atom. The van der Waals surface area contributed by atoms with Crippen molar-refractivity contribution in [3.05, 3.63) is 40.6 Å². The van der Waals surface area contributed by atoms with Crippen LogP contribution in [0.15, 0.2) is 29.4 Å². The third-order valence-electron chi connectivity index (χ3n) is 2.47. The van der Waals surface area contributed by atoms with Gasteiger partial charge in [0.1, 0.15) is 0 Å². The lowest BCUT2D eigenvalue weighted by Crippen LogP contribution is -2.17. The molecule has 3 heteroatoms. The average molecular weight is 220 g/mol. The molecule has 1 aliphatic heterocycles. The standard InChI is InChI=1S/C12H16N2S/c1-9-4-3-5-10(2)12(9)14-11-8-13-6-7-15-11/h3-5,8,13-14H,6-7H2,1-2H3. The van der Waals surface area contributed by atoms with Crippen molar-refractivity contribution in [2.45, 2.75) is 13.8 Å². The summed E-state index contributed by atoms with van der Waals surface area (Å²) >= 11 is 1.86. The van der Waals surface area contributed by atoms with Gasteiger partial charge < -0.3 is 10.6 Å². The molecule has 15 heavy (non-hydrogen) atoms. The van der Waals surface area contributed by atoms with E-state index >= 15 is 0 Å². The lowest BCUT2D eigenvalue weighted by Gasteiger charge is -2.18. The van der Waals surface area contributed by atoms with Gasteiger partial charge in [-0.2, -0.15) is 0 Å². The highest BCUT2D eigenvalue weighted by molar-refractivity contribution is 8.03. The van der Waals surface area contributed by atoms with Crippen LogP contribution < -0.4 is 10.6 Å². The number of benzene rings is 1. The molecule has 0 amide bonds. The number of thioether (sulfide) groups is 1. The van der Waals surface area contributed by atoms with Crippen molar-refractivity contribution >= 4 is 17.4 Å². The van der Waals surface area contributed by atoms with E-state index in [1.54, 1.807) is 0 Å². The van der Waals surface area contributed by atoms with Crippen molar-refractivity contribution in [1.82, 2.24) is 5.32 Å². The van der Waals surface area contributed by atoms with Crippen LogP contribution in [-0.4, -0.2) is 12.3 Å². The van der Waals surface area contributed by atoms with Crippen LogP contribution >= 0.6 is 11.8 Å². The predicted octanol–water partition coefficient (Wildman–Crippen LogP) is 2.85. The summed E-state index contributed by atoms with van der Waals surface area (Å²) in [6.07, 6.45) is 2.06. The molecule has 0 fully saturated rings. The second-order valence-electron chi connectivity index (χ2n) is 3.70. The molecule has 0 unspecified atom stereocenters. The maximum atomic E-state index is 3.48. The molecule has 80 valence electrons. The fourth-order valence-corrected chi connectivity index (χ4v) is 2.41. The second-order valence-corrected chi connectivity index (χ2v) is 4.84. The molecule has 1 aliphatic rings. The summed E-state index contributed by atoms with van der Waals surface area (Å²) in [4.78, 5) is 0. The first-order valence-electron chi connectivity index (χ1n) is 5.17. The van der Waals surface area contributed by atoms with Gasteiger partial charge in [-0.1, -0.05) is 18.2 Å². The van der Waals surface area contributed by atoms with Crippen molar-refractivity contribution in [1.29, 1.82) is 0 Å². The number of para-hydroxylation sites is 1.